The van der Waals surface area contributed by atoms with Crippen molar-refractivity contribution in [2.75, 3.05) is 6.61 Å². The van der Waals surface area contributed by atoms with Crippen LogP contribution in [0, 0.1) is 6.42 Å². The molecule has 2 nitrogen and oxygen atoms in total. The molecule has 1 radical (unpaired) electrons. The van der Waals surface area contributed by atoms with Crippen LogP contribution in [0.5, 0.6) is 0 Å². The molecule has 1 saturated heterocycles. The van der Waals surface area contributed by atoms with Gasteiger partial charge in [0.15, 0.2) is 0 Å². The lowest BCUT2D eigenvalue weighted by Crippen LogP contribution is -2.30. The summed E-state index contributed by atoms with van der Waals surface area (Å²) in [6, 6.07) is 0. The van der Waals surface area contributed by atoms with Crippen molar-refractivity contribution in [2.45, 2.75) is 37.7 Å². The van der Waals surface area contributed by atoms with Crippen molar-refractivity contribution in [3.05, 3.63) is 6.42 Å². The van der Waals surface area contributed by atoms with E-state index in [-0.39, 0.29) is 5.60 Å². The van der Waals surface area contributed by atoms with E-state index in [1.54, 1.807) is 0 Å². The molecule has 0 N–H and O–H groups in total. The lowest BCUT2D eigenvalue weighted by atomic mass is 9.83. The van der Waals surface area contributed by atoms with Gasteiger partial charge in [0.2, 0.25) is 0 Å². The molecule has 0 bridgehead atoms. The van der Waals surface area contributed by atoms with Gasteiger partial charge in [-0.2, -0.15) is 0 Å². The van der Waals surface area contributed by atoms with Crippen molar-refractivity contribution in [1.29, 1.82) is 0 Å². The lowest BCUT2D eigenvalue weighted by Gasteiger charge is -2.29. The molecule has 0 amide bonds. The fraction of sp³-hybridized carbons (Fsp3) is 0.875. The summed E-state index contributed by atoms with van der Waals surface area (Å²) in [6.45, 7) is 0.681. The molecule has 0 aromatic heterocycles. The quantitative estimate of drug-likeness (QED) is 0.479. The van der Waals surface area contributed by atoms with Crippen molar-refractivity contribution in [2.24, 2.45) is 0 Å². The maximum absolute atomic E-state index is 5.23. The minimum Gasteiger partial charge on any atom is -0.236 e. The van der Waals surface area contributed by atoms with Crippen molar-refractivity contribution >= 4 is 0 Å². The van der Waals surface area contributed by atoms with E-state index in [0.29, 0.717) is 6.61 Å². The van der Waals surface area contributed by atoms with Crippen molar-refractivity contribution < 1.29 is 9.78 Å². The van der Waals surface area contributed by atoms with Crippen LogP contribution >= 0.6 is 0 Å². The Balaban J connectivity index is 1.98. The predicted molar refractivity (Wildman–Crippen MR) is 37.2 cm³/mol. The van der Waals surface area contributed by atoms with Crippen molar-refractivity contribution in [1.82, 2.24) is 0 Å². The van der Waals surface area contributed by atoms with Gasteiger partial charge in [0.05, 0.1) is 6.61 Å². The Bertz CT molecular complexity index is 108. The van der Waals surface area contributed by atoms with Gasteiger partial charge in [-0.15, -0.1) is 0 Å². The first-order valence-corrected chi connectivity index (χ1v) is 4.06. The molecule has 10 heavy (non-hydrogen) atoms. The van der Waals surface area contributed by atoms with Crippen LogP contribution in [0.15, 0.2) is 0 Å². The van der Waals surface area contributed by atoms with Crippen LogP contribution < -0.4 is 0 Å². The van der Waals surface area contributed by atoms with E-state index in [1.165, 1.54) is 19.3 Å². The fourth-order valence-electron chi connectivity index (χ4n) is 1.81. The van der Waals surface area contributed by atoms with Crippen LogP contribution in [-0.2, 0) is 9.78 Å². The Kier molecular flexibility index (Phi) is 1.66. The number of hydrogen-bond donors (Lipinski definition) is 0. The average molecular weight is 141 g/mol. The topological polar surface area (TPSA) is 18.5 Å². The molecule has 0 unspecified atom stereocenters. The smallest absolute Gasteiger partial charge is 0.109 e. The van der Waals surface area contributed by atoms with Gasteiger partial charge < -0.3 is 0 Å². The first kappa shape index (κ1) is 6.62. The van der Waals surface area contributed by atoms with E-state index >= 15 is 0 Å². The Morgan fingerprint density at radius 2 is 1.90 bits per heavy atom. The van der Waals surface area contributed by atoms with Gasteiger partial charge in [-0.05, 0) is 12.8 Å². The molecule has 1 spiro atoms. The van der Waals surface area contributed by atoms with Crippen LogP contribution in [0.1, 0.15) is 32.1 Å². The number of rotatable bonds is 0. The zero-order valence-corrected chi connectivity index (χ0v) is 6.14. The van der Waals surface area contributed by atoms with Crippen LogP contribution in [0.25, 0.3) is 0 Å². The van der Waals surface area contributed by atoms with E-state index < -0.39 is 0 Å². The zero-order valence-electron chi connectivity index (χ0n) is 6.14. The van der Waals surface area contributed by atoms with Gasteiger partial charge in [0.1, 0.15) is 5.60 Å². The monoisotopic (exact) mass is 141 g/mol. The molecule has 1 aliphatic heterocycles. The van der Waals surface area contributed by atoms with E-state index in [9.17, 15) is 0 Å². The summed E-state index contributed by atoms with van der Waals surface area (Å²) in [5, 5.41) is 0. The Hall–Kier alpha value is -0.0800. The molecule has 2 fully saturated rings. The van der Waals surface area contributed by atoms with Crippen LogP contribution in [-0.4, -0.2) is 12.2 Å². The highest BCUT2D eigenvalue weighted by atomic mass is 17.2. The molecule has 0 aromatic carbocycles. The van der Waals surface area contributed by atoms with Crippen LogP contribution in [0.2, 0.25) is 0 Å². The molecule has 2 aliphatic rings. The van der Waals surface area contributed by atoms with Gasteiger partial charge in [-0.1, -0.05) is 19.3 Å². The summed E-state index contributed by atoms with van der Waals surface area (Å²) >= 11 is 0. The second-order valence-corrected chi connectivity index (χ2v) is 3.20. The Morgan fingerprint density at radius 1 is 1.10 bits per heavy atom. The van der Waals surface area contributed by atoms with E-state index in [1.807, 2.05) is 0 Å². The zero-order chi connectivity index (χ0) is 6.86. The Morgan fingerprint density at radius 3 is 2.50 bits per heavy atom. The van der Waals surface area contributed by atoms with Gasteiger partial charge in [0.25, 0.3) is 0 Å². The molecule has 2 heteroatoms. The predicted octanol–water partition coefficient (Wildman–Crippen LogP) is 1.86. The molecule has 0 atom stereocenters. The largest absolute Gasteiger partial charge is 0.236 e. The standard InChI is InChI=1S/C8H13O2/c1-2-4-8(5-3-1)6-7-9-10-8/h6H,1-5,7H2. The summed E-state index contributed by atoms with van der Waals surface area (Å²) in [5.74, 6) is 0. The SMILES string of the molecule is [CH]1COOC12CCCCC2. The second-order valence-electron chi connectivity index (χ2n) is 3.20. The second kappa shape index (κ2) is 2.51. The minimum absolute atomic E-state index is 0.0260. The Labute approximate surface area is 61.4 Å². The number of hydrogen-bond acceptors (Lipinski definition) is 2. The normalized spacial score (nSPS) is 31.2. The molecule has 1 saturated carbocycles. The molecule has 1 aliphatic carbocycles. The molecule has 2 rings (SSSR count). The van der Waals surface area contributed by atoms with Crippen molar-refractivity contribution in [3.63, 3.8) is 0 Å². The highest BCUT2D eigenvalue weighted by Crippen LogP contribution is 2.37. The van der Waals surface area contributed by atoms with Crippen LogP contribution in [0.3, 0.4) is 0 Å². The third-order valence-electron chi connectivity index (χ3n) is 2.45. The van der Waals surface area contributed by atoms with Gasteiger partial charge >= 0.3 is 0 Å². The molecule has 57 valence electrons. The highest BCUT2D eigenvalue weighted by molar-refractivity contribution is 4.97. The van der Waals surface area contributed by atoms with Gasteiger partial charge in [0, 0.05) is 6.42 Å². The summed E-state index contributed by atoms with van der Waals surface area (Å²) in [7, 11) is 0. The van der Waals surface area contributed by atoms with E-state index in [0.717, 1.165) is 12.8 Å². The highest BCUT2D eigenvalue weighted by Gasteiger charge is 2.38. The maximum atomic E-state index is 5.23. The third-order valence-corrected chi connectivity index (χ3v) is 2.45. The molecule has 1 heterocycles. The summed E-state index contributed by atoms with van der Waals surface area (Å²) in [6.07, 6.45) is 8.44. The molecular formula is C8H13O2. The summed E-state index contributed by atoms with van der Waals surface area (Å²) < 4.78 is 0. The summed E-state index contributed by atoms with van der Waals surface area (Å²) in [5.41, 5.74) is 0.0260. The molecule has 0 aromatic rings. The summed E-state index contributed by atoms with van der Waals surface area (Å²) in [4.78, 5) is 10.1. The van der Waals surface area contributed by atoms with E-state index in [2.05, 4.69) is 6.42 Å². The minimum atomic E-state index is 0.0260. The fourth-order valence-corrected chi connectivity index (χ4v) is 1.81. The molecular weight excluding hydrogens is 128 g/mol. The average Bonchev–Trinajstić information content (AvgIpc) is 2.39. The van der Waals surface area contributed by atoms with Gasteiger partial charge in [-0.3, -0.25) is 0 Å². The van der Waals surface area contributed by atoms with E-state index in [4.69, 9.17) is 9.78 Å². The first-order valence-electron chi connectivity index (χ1n) is 4.06. The lowest BCUT2D eigenvalue weighted by molar-refractivity contribution is -0.312. The van der Waals surface area contributed by atoms with Crippen molar-refractivity contribution in [3.8, 4) is 0 Å². The third kappa shape index (κ3) is 1.06. The maximum Gasteiger partial charge on any atom is 0.109 e. The van der Waals surface area contributed by atoms with Crippen LogP contribution in [0.4, 0.5) is 0 Å². The van der Waals surface area contributed by atoms with Gasteiger partial charge in [-0.25, -0.2) is 9.78 Å². The first-order chi connectivity index (χ1) is 4.91.